The van der Waals surface area contributed by atoms with Gasteiger partial charge in [0.05, 0.1) is 19.9 Å². The number of nitrogens with one attached hydrogen (secondary N) is 1. The van der Waals surface area contributed by atoms with Crippen molar-refractivity contribution in [1.29, 1.82) is 0 Å². The fourth-order valence-electron chi connectivity index (χ4n) is 6.39. The molecular weight excluding hydrogens is 637 g/mol. The van der Waals surface area contributed by atoms with Crippen LogP contribution in [0.15, 0.2) is 102 Å². The van der Waals surface area contributed by atoms with Crippen molar-refractivity contribution in [2.24, 2.45) is 0 Å². The summed E-state index contributed by atoms with van der Waals surface area (Å²) in [5, 5.41) is 12.0. The lowest BCUT2D eigenvalue weighted by molar-refractivity contribution is -0.141. The lowest BCUT2D eigenvalue weighted by Gasteiger charge is -2.31. The van der Waals surface area contributed by atoms with Crippen LogP contribution in [0.4, 0.5) is 13.2 Å². The lowest BCUT2D eigenvalue weighted by atomic mass is 9.73. The van der Waals surface area contributed by atoms with E-state index in [9.17, 15) is 18.0 Å². The molecule has 5 aromatic rings. The molecule has 1 N–H and O–H groups in total. The van der Waals surface area contributed by atoms with Gasteiger partial charge in [-0.1, -0.05) is 79.2 Å². The maximum atomic E-state index is 13.8. The number of carbonyl (C=O) groups excluding carboxylic acids is 1. The number of hydrogen-bond donors (Lipinski definition) is 1. The molecule has 1 heterocycles. The summed E-state index contributed by atoms with van der Waals surface area (Å²) in [4.78, 5) is 13.8. The van der Waals surface area contributed by atoms with Gasteiger partial charge in [0.25, 0.3) is 0 Å². The van der Waals surface area contributed by atoms with Gasteiger partial charge in [0.2, 0.25) is 5.91 Å². The molecule has 1 aromatic heterocycles. The summed E-state index contributed by atoms with van der Waals surface area (Å²) in [6.45, 7) is -1.37. The zero-order valence-corrected chi connectivity index (χ0v) is 27.4. The van der Waals surface area contributed by atoms with E-state index in [-0.39, 0.29) is 0 Å². The molecule has 0 radical (unpaired) electrons. The molecule has 48 heavy (non-hydrogen) atoms. The molecule has 11 heteroatoms. The quantitative estimate of drug-likeness (QED) is 0.100. The SMILES string of the molecule is COc1ccc(-c2nnc(SCCCCCC3(C(=O)NCC(F)(F)F)c4ccccc4-c4ccccc43)n2-c2cccc(OC)c2)cc1. The Morgan fingerprint density at radius 1 is 0.812 bits per heavy atom. The Balaban J connectivity index is 1.19. The Hall–Kier alpha value is -4.77. The number of aromatic nitrogens is 3. The number of rotatable bonds is 13. The van der Waals surface area contributed by atoms with Crippen LogP contribution in [0.2, 0.25) is 0 Å². The lowest BCUT2D eigenvalue weighted by Crippen LogP contribution is -2.47. The number of hydrogen-bond acceptors (Lipinski definition) is 6. The molecule has 0 spiro atoms. The van der Waals surface area contributed by atoms with E-state index in [0.717, 1.165) is 63.0 Å². The number of carbonyl (C=O) groups is 1. The molecule has 1 aliphatic carbocycles. The van der Waals surface area contributed by atoms with E-state index in [1.807, 2.05) is 102 Å². The predicted molar refractivity (Wildman–Crippen MR) is 181 cm³/mol. The van der Waals surface area contributed by atoms with Crippen molar-refractivity contribution in [2.45, 2.75) is 42.4 Å². The molecule has 0 saturated heterocycles. The maximum absolute atomic E-state index is 13.8. The Morgan fingerprint density at radius 3 is 2.12 bits per heavy atom. The molecule has 0 fully saturated rings. The third kappa shape index (κ3) is 6.64. The average molecular weight is 673 g/mol. The van der Waals surface area contributed by atoms with Crippen molar-refractivity contribution in [3.63, 3.8) is 0 Å². The maximum Gasteiger partial charge on any atom is 0.405 e. The highest BCUT2D eigenvalue weighted by atomic mass is 32.2. The molecule has 0 unspecified atom stereocenters. The minimum Gasteiger partial charge on any atom is -0.497 e. The highest BCUT2D eigenvalue weighted by Gasteiger charge is 2.49. The summed E-state index contributed by atoms with van der Waals surface area (Å²) >= 11 is 1.57. The number of alkyl halides is 3. The van der Waals surface area contributed by atoms with Gasteiger partial charge < -0.3 is 14.8 Å². The monoisotopic (exact) mass is 672 g/mol. The molecule has 0 bridgehead atoms. The van der Waals surface area contributed by atoms with Gasteiger partial charge >= 0.3 is 6.18 Å². The van der Waals surface area contributed by atoms with Gasteiger partial charge in [-0.15, -0.1) is 10.2 Å². The molecular formula is C37H35F3N4O3S. The summed E-state index contributed by atoms with van der Waals surface area (Å²) in [6.07, 6.45) is -1.91. The third-order valence-electron chi connectivity index (χ3n) is 8.62. The van der Waals surface area contributed by atoms with E-state index in [4.69, 9.17) is 9.47 Å². The van der Waals surface area contributed by atoms with E-state index in [1.54, 1.807) is 26.0 Å². The second-order valence-corrected chi connectivity index (χ2v) is 12.6. The molecule has 7 nitrogen and oxygen atoms in total. The Kier molecular flexibility index (Phi) is 9.77. The van der Waals surface area contributed by atoms with Crippen LogP contribution in [0.1, 0.15) is 36.8 Å². The van der Waals surface area contributed by atoms with Crippen LogP contribution < -0.4 is 14.8 Å². The van der Waals surface area contributed by atoms with Gasteiger partial charge in [-0.25, -0.2) is 0 Å². The standard InChI is InChI=1S/C37H35F3N4O3S/c1-46-27-19-17-25(18-20-27)33-42-43-35(44(33)26-11-10-12-28(23-26)47-2)48-22-9-3-8-21-36(34(45)41-24-37(38,39)40)31-15-6-4-13-29(31)30-14-5-7-16-32(30)36/h4-7,10-20,23H,3,8-9,21-22,24H2,1-2H3,(H,41,45). The topological polar surface area (TPSA) is 78.3 Å². The number of fused-ring (bicyclic) bond motifs is 3. The molecule has 1 aliphatic rings. The average Bonchev–Trinajstić information content (AvgIpc) is 3.66. The van der Waals surface area contributed by atoms with Gasteiger partial charge in [-0.3, -0.25) is 9.36 Å². The minimum absolute atomic E-state index is 0.386. The first kappa shape index (κ1) is 33.1. The van der Waals surface area contributed by atoms with Crippen LogP contribution in [0, 0.1) is 0 Å². The number of amides is 1. The van der Waals surface area contributed by atoms with Gasteiger partial charge in [0, 0.05) is 17.4 Å². The second kappa shape index (κ2) is 14.1. The van der Waals surface area contributed by atoms with Crippen molar-refractivity contribution in [3.8, 4) is 39.7 Å². The van der Waals surface area contributed by atoms with Crippen molar-refractivity contribution in [1.82, 2.24) is 20.1 Å². The van der Waals surface area contributed by atoms with Gasteiger partial charge in [0.15, 0.2) is 11.0 Å². The van der Waals surface area contributed by atoms with Gasteiger partial charge in [-0.05, 0) is 71.5 Å². The van der Waals surface area contributed by atoms with Gasteiger partial charge in [-0.2, -0.15) is 13.2 Å². The summed E-state index contributed by atoms with van der Waals surface area (Å²) in [7, 11) is 3.24. The molecule has 0 saturated carbocycles. The van der Waals surface area contributed by atoms with Crippen molar-refractivity contribution >= 4 is 17.7 Å². The fourth-order valence-corrected chi connectivity index (χ4v) is 7.34. The summed E-state index contributed by atoms with van der Waals surface area (Å²) in [6, 6.07) is 30.4. The predicted octanol–water partition coefficient (Wildman–Crippen LogP) is 8.25. The Morgan fingerprint density at radius 2 is 1.48 bits per heavy atom. The van der Waals surface area contributed by atoms with Crippen LogP contribution in [-0.4, -0.2) is 53.4 Å². The number of nitrogens with zero attached hydrogens (tertiary/aromatic N) is 3. The van der Waals surface area contributed by atoms with E-state index >= 15 is 0 Å². The number of ether oxygens (including phenoxy) is 2. The first-order valence-corrected chi connectivity index (χ1v) is 16.7. The molecule has 6 rings (SSSR count). The largest absolute Gasteiger partial charge is 0.497 e. The van der Waals surface area contributed by atoms with Crippen molar-refractivity contribution in [3.05, 3.63) is 108 Å². The normalized spacial score (nSPS) is 13.1. The van der Waals surface area contributed by atoms with Crippen LogP contribution in [0.25, 0.3) is 28.2 Å². The number of halogens is 3. The second-order valence-electron chi connectivity index (χ2n) is 11.5. The molecule has 1 amide bonds. The number of unbranched alkanes of at least 4 members (excludes halogenated alkanes) is 2. The summed E-state index contributed by atoms with van der Waals surface area (Å²) in [5.74, 6) is 2.24. The smallest absolute Gasteiger partial charge is 0.405 e. The van der Waals surface area contributed by atoms with E-state index in [1.165, 1.54) is 0 Å². The first-order valence-electron chi connectivity index (χ1n) is 15.7. The first-order chi connectivity index (χ1) is 23.2. The minimum atomic E-state index is -4.51. The third-order valence-corrected chi connectivity index (χ3v) is 9.64. The molecule has 4 aromatic carbocycles. The van der Waals surface area contributed by atoms with E-state index in [0.29, 0.717) is 24.4 Å². The van der Waals surface area contributed by atoms with Crippen LogP contribution in [-0.2, 0) is 10.2 Å². The van der Waals surface area contributed by atoms with Crippen LogP contribution in [0.3, 0.4) is 0 Å². The van der Waals surface area contributed by atoms with Gasteiger partial charge in [0.1, 0.15) is 23.5 Å². The number of thioether (sulfide) groups is 1. The summed E-state index contributed by atoms with van der Waals surface area (Å²) in [5.41, 5.74) is 3.80. The van der Waals surface area contributed by atoms with E-state index in [2.05, 4.69) is 15.5 Å². The van der Waals surface area contributed by atoms with E-state index < -0.39 is 24.0 Å². The number of methoxy groups -OCH3 is 2. The van der Waals surface area contributed by atoms with Crippen molar-refractivity contribution < 1.29 is 27.4 Å². The Bertz CT molecular complexity index is 1850. The molecule has 0 atom stereocenters. The zero-order chi connectivity index (χ0) is 33.7. The zero-order valence-electron chi connectivity index (χ0n) is 26.6. The van der Waals surface area contributed by atoms with Crippen LogP contribution in [0.5, 0.6) is 11.5 Å². The fraction of sp³-hybridized carbons (Fsp3) is 0.270. The summed E-state index contributed by atoms with van der Waals surface area (Å²) < 4.78 is 52.4. The molecule has 248 valence electrons. The highest BCUT2D eigenvalue weighted by Crippen LogP contribution is 2.51. The van der Waals surface area contributed by atoms with Crippen LogP contribution >= 0.6 is 11.8 Å². The number of benzene rings is 4. The Labute approximate surface area is 281 Å². The molecule has 0 aliphatic heterocycles. The van der Waals surface area contributed by atoms with Crippen molar-refractivity contribution in [2.75, 3.05) is 26.5 Å². The highest BCUT2D eigenvalue weighted by molar-refractivity contribution is 7.99.